The number of aromatic nitrogens is 3. The van der Waals surface area contributed by atoms with Gasteiger partial charge in [-0.1, -0.05) is 35.5 Å². The summed E-state index contributed by atoms with van der Waals surface area (Å²) in [4.78, 5) is 24.7. The van der Waals surface area contributed by atoms with Gasteiger partial charge in [-0.15, -0.1) is 27.8 Å². The van der Waals surface area contributed by atoms with Crippen LogP contribution in [0.25, 0.3) is 30.4 Å². The van der Waals surface area contributed by atoms with Gasteiger partial charge in [0.1, 0.15) is 23.4 Å². The SMILES string of the molecule is CC(OC(=O)Nc1c(-c2cc3sc(-c4cc(F)c(CC(=O)O)cc4F)cc3s2)nnn1C)c1ccccc1. The average Bonchev–Trinajstić information content (AvgIpc) is 3.55. The summed E-state index contributed by atoms with van der Waals surface area (Å²) in [5.74, 6) is -2.35. The average molecular weight is 555 g/mol. The minimum absolute atomic E-state index is 0.0590. The molecule has 0 aliphatic rings. The lowest BCUT2D eigenvalue weighted by molar-refractivity contribution is -0.136. The van der Waals surface area contributed by atoms with E-state index in [4.69, 9.17) is 9.84 Å². The fourth-order valence-corrected chi connectivity index (χ4v) is 6.30. The second-order valence-corrected chi connectivity index (χ2v) is 10.6. The summed E-state index contributed by atoms with van der Waals surface area (Å²) in [5, 5.41) is 19.8. The lowest BCUT2D eigenvalue weighted by atomic mass is 10.1. The first-order chi connectivity index (χ1) is 18.2. The predicted octanol–water partition coefficient (Wildman–Crippen LogP) is 6.64. The van der Waals surface area contributed by atoms with Crippen molar-refractivity contribution in [2.45, 2.75) is 19.4 Å². The maximum atomic E-state index is 14.7. The van der Waals surface area contributed by atoms with Crippen molar-refractivity contribution in [3.05, 3.63) is 77.4 Å². The Balaban J connectivity index is 1.37. The number of ether oxygens (including phenoxy) is 1. The van der Waals surface area contributed by atoms with E-state index in [9.17, 15) is 18.4 Å². The minimum Gasteiger partial charge on any atom is -0.481 e. The van der Waals surface area contributed by atoms with Crippen molar-refractivity contribution in [3.8, 4) is 21.0 Å². The molecule has 0 radical (unpaired) electrons. The van der Waals surface area contributed by atoms with Crippen LogP contribution in [0.4, 0.5) is 19.4 Å². The third kappa shape index (κ3) is 5.13. The first kappa shape index (κ1) is 25.5. The summed E-state index contributed by atoms with van der Waals surface area (Å²) < 4.78 is 37.6. The molecule has 12 heteroatoms. The normalized spacial score (nSPS) is 12.0. The molecular formula is C26H20F2N4O4S2. The molecule has 1 atom stereocenters. The Morgan fingerprint density at radius 3 is 2.45 bits per heavy atom. The number of carbonyl (C=O) groups excluding carboxylic acids is 1. The molecule has 0 spiro atoms. The van der Waals surface area contributed by atoms with Crippen LogP contribution >= 0.6 is 22.7 Å². The van der Waals surface area contributed by atoms with Crippen LogP contribution in [0.2, 0.25) is 0 Å². The van der Waals surface area contributed by atoms with Gasteiger partial charge in [0.05, 0.1) is 11.3 Å². The Morgan fingerprint density at radius 1 is 1.05 bits per heavy atom. The summed E-state index contributed by atoms with van der Waals surface area (Å²) in [5.41, 5.74) is 1.15. The Kier molecular flexibility index (Phi) is 6.91. The van der Waals surface area contributed by atoms with E-state index < -0.39 is 36.2 Å². The maximum absolute atomic E-state index is 14.7. The molecule has 5 aromatic rings. The Morgan fingerprint density at radius 2 is 1.74 bits per heavy atom. The second kappa shape index (κ2) is 10.3. The number of aryl methyl sites for hydroxylation is 1. The molecule has 0 fully saturated rings. The topological polar surface area (TPSA) is 106 Å². The highest BCUT2D eigenvalue weighted by atomic mass is 32.1. The van der Waals surface area contributed by atoms with Crippen molar-refractivity contribution >= 4 is 50.0 Å². The highest BCUT2D eigenvalue weighted by Crippen LogP contribution is 2.43. The van der Waals surface area contributed by atoms with Gasteiger partial charge < -0.3 is 9.84 Å². The molecule has 1 unspecified atom stereocenters. The third-order valence-electron chi connectivity index (χ3n) is 5.78. The highest BCUT2D eigenvalue weighted by molar-refractivity contribution is 7.31. The number of rotatable bonds is 7. The highest BCUT2D eigenvalue weighted by Gasteiger charge is 2.22. The number of nitrogens with one attached hydrogen (secondary N) is 1. The van der Waals surface area contributed by atoms with Crippen LogP contribution in [0.15, 0.2) is 54.6 Å². The molecule has 1 amide bonds. The monoisotopic (exact) mass is 554 g/mol. The van der Waals surface area contributed by atoms with E-state index in [2.05, 4.69) is 15.6 Å². The van der Waals surface area contributed by atoms with Gasteiger partial charge >= 0.3 is 12.1 Å². The van der Waals surface area contributed by atoms with Crippen molar-refractivity contribution in [1.29, 1.82) is 0 Å². The van der Waals surface area contributed by atoms with Crippen molar-refractivity contribution < 1.29 is 28.2 Å². The Hall–Kier alpha value is -4.16. The van der Waals surface area contributed by atoms with E-state index in [1.54, 1.807) is 20.0 Å². The van der Waals surface area contributed by atoms with Gasteiger partial charge in [-0.25, -0.2) is 18.3 Å². The van der Waals surface area contributed by atoms with Crippen molar-refractivity contribution in [2.24, 2.45) is 7.05 Å². The molecular weight excluding hydrogens is 534 g/mol. The van der Waals surface area contributed by atoms with E-state index in [-0.39, 0.29) is 11.1 Å². The van der Waals surface area contributed by atoms with Crippen molar-refractivity contribution in [2.75, 3.05) is 5.32 Å². The van der Waals surface area contributed by atoms with Gasteiger partial charge in [0.2, 0.25) is 0 Å². The predicted molar refractivity (Wildman–Crippen MR) is 141 cm³/mol. The number of aliphatic carboxylic acids is 1. The van der Waals surface area contributed by atoms with Gasteiger partial charge in [-0.2, -0.15) is 0 Å². The van der Waals surface area contributed by atoms with Crippen molar-refractivity contribution in [3.63, 3.8) is 0 Å². The van der Waals surface area contributed by atoms with Crippen molar-refractivity contribution in [1.82, 2.24) is 15.0 Å². The molecule has 3 aromatic heterocycles. The van der Waals surface area contributed by atoms with E-state index in [0.29, 0.717) is 16.4 Å². The summed E-state index contributed by atoms with van der Waals surface area (Å²) in [6, 6.07) is 14.9. The fraction of sp³-hybridized carbons (Fsp3) is 0.154. The zero-order valence-electron chi connectivity index (χ0n) is 20.1. The van der Waals surface area contributed by atoms with Gasteiger partial charge in [-0.3, -0.25) is 10.1 Å². The number of fused-ring (bicyclic) bond motifs is 1. The fourth-order valence-electron chi connectivity index (χ4n) is 3.90. The number of hydrogen-bond donors (Lipinski definition) is 2. The largest absolute Gasteiger partial charge is 0.481 e. The van der Waals surface area contributed by atoms with Crippen LogP contribution in [0, 0.1) is 11.6 Å². The zero-order valence-corrected chi connectivity index (χ0v) is 21.7. The summed E-state index contributed by atoms with van der Waals surface area (Å²) in [6.07, 6.45) is -1.72. The Bertz CT molecular complexity index is 1630. The number of anilines is 1. The minimum atomic E-state index is -1.24. The van der Waals surface area contributed by atoms with E-state index in [1.807, 2.05) is 36.4 Å². The standard InChI is InChI=1S/C26H20F2N4O4S2/c1-13(14-6-4-3-5-7-14)36-26(35)29-25-24(30-31-32(25)2)22-12-21-20(38-22)11-19(37-21)16-10-17(27)15(8-18(16)28)9-23(33)34/h3-8,10-13H,9H2,1-2H3,(H,29,35)(H,33,34). The molecule has 0 saturated heterocycles. The van der Waals surface area contributed by atoms with E-state index in [0.717, 1.165) is 32.0 Å². The molecule has 5 rings (SSSR count). The number of benzene rings is 2. The van der Waals surface area contributed by atoms with Crippen LogP contribution < -0.4 is 5.32 Å². The summed E-state index contributed by atoms with van der Waals surface area (Å²) in [6.45, 7) is 1.77. The lowest BCUT2D eigenvalue weighted by Crippen LogP contribution is -2.18. The van der Waals surface area contributed by atoms with Gasteiger partial charge in [0.25, 0.3) is 0 Å². The summed E-state index contributed by atoms with van der Waals surface area (Å²) >= 11 is 2.62. The second-order valence-electron chi connectivity index (χ2n) is 8.44. The molecule has 2 N–H and O–H groups in total. The van der Waals surface area contributed by atoms with Gasteiger partial charge in [0.15, 0.2) is 5.82 Å². The summed E-state index contributed by atoms with van der Waals surface area (Å²) in [7, 11) is 1.64. The van der Waals surface area contributed by atoms with Gasteiger partial charge in [-0.05, 0) is 36.8 Å². The Labute approximate surface area is 223 Å². The number of carboxylic acids is 1. The maximum Gasteiger partial charge on any atom is 0.413 e. The first-order valence-corrected chi connectivity index (χ1v) is 13.0. The van der Waals surface area contributed by atoms with E-state index in [1.165, 1.54) is 27.4 Å². The van der Waals surface area contributed by atoms with Crippen LogP contribution in [-0.2, 0) is 23.0 Å². The zero-order chi connectivity index (χ0) is 27.0. The van der Waals surface area contributed by atoms with Crippen LogP contribution in [-0.4, -0.2) is 32.2 Å². The molecule has 0 saturated carbocycles. The van der Waals surface area contributed by atoms with Crippen LogP contribution in [0.3, 0.4) is 0 Å². The molecule has 38 heavy (non-hydrogen) atoms. The number of thiophene rings is 2. The van der Waals surface area contributed by atoms with Crippen LogP contribution in [0.1, 0.15) is 24.2 Å². The quantitative estimate of drug-likeness (QED) is 0.234. The van der Waals surface area contributed by atoms with Gasteiger partial charge in [0, 0.05) is 32.5 Å². The first-order valence-electron chi connectivity index (χ1n) is 11.4. The number of carboxylic acid groups (broad SMARTS) is 1. The molecule has 194 valence electrons. The van der Waals surface area contributed by atoms with E-state index >= 15 is 0 Å². The number of nitrogens with zero attached hydrogens (tertiary/aromatic N) is 3. The number of carbonyl (C=O) groups is 2. The molecule has 2 aromatic carbocycles. The number of amides is 1. The molecule has 0 aliphatic carbocycles. The molecule has 8 nitrogen and oxygen atoms in total. The third-order valence-corrected chi connectivity index (χ3v) is 8.12. The number of halogens is 2. The molecule has 3 heterocycles. The smallest absolute Gasteiger partial charge is 0.413 e. The number of hydrogen-bond acceptors (Lipinski definition) is 7. The lowest BCUT2D eigenvalue weighted by Gasteiger charge is -2.14. The molecule has 0 aliphatic heterocycles. The molecule has 0 bridgehead atoms. The van der Waals surface area contributed by atoms with Crippen LogP contribution in [0.5, 0.6) is 0 Å².